The second kappa shape index (κ2) is 5.32. The van der Waals surface area contributed by atoms with Gasteiger partial charge in [-0.25, -0.2) is 0 Å². The summed E-state index contributed by atoms with van der Waals surface area (Å²) in [6.07, 6.45) is 2.29. The molecule has 0 radical (unpaired) electrons. The summed E-state index contributed by atoms with van der Waals surface area (Å²) in [4.78, 5) is 13.4. The number of likely N-dealkylation sites (N-methyl/N-ethyl adjacent to an activating group) is 1. The number of carbonyl (C=O) groups excluding carboxylic acids is 1. The molecule has 0 aromatic heterocycles. The average molecular weight is 199 g/mol. The lowest BCUT2D eigenvalue weighted by molar-refractivity contribution is -0.122. The molecular formula is C10H21N3O. The highest BCUT2D eigenvalue weighted by atomic mass is 16.1. The van der Waals surface area contributed by atoms with Gasteiger partial charge in [0.1, 0.15) is 0 Å². The molecular weight excluding hydrogens is 178 g/mol. The van der Waals surface area contributed by atoms with Crippen LogP contribution in [0.3, 0.4) is 0 Å². The summed E-state index contributed by atoms with van der Waals surface area (Å²) in [6.45, 7) is 4.39. The van der Waals surface area contributed by atoms with Crippen molar-refractivity contribution < 1.29 is 4.79 Å². The molecule has 82 valence electrons. The first kappa shape index (κ1) is 11.5. The summed E-state index contributed by atoms with van der Waals surface area (Å²) in [5, 5.41) is 2.65. The lowest BCUT2D eigenvalue weighted by Gasteiger charge is -2.37. The molecule has 1 amide bonds. The standard InChI is InChI=1S/C10H21N3O/c1-8-3-4-13(7-10(14)12-2)9(5-8)6-11/h8-9H,3-7,11H2,1-2H3,(H,12,14). The van der Waals surface area contributed by atoms with Gasteiger partial charge in [-0.1, -0.05) is 6.92 Å². The molecule has 2 unspecified atom stereocenters. The molecule has 1 rings (SSSR count). The normalized spacial score (nSPS) is 28.8. The van der Waals surface area contributed by atoms with Crippen LogP contribution in [0.4, 0.5) is 0 Å². The lowest BCUT2D eigenvalue weighted by Crippen LogP contribution is -2.49. The number of nitrogens with two attached hydrogens (primary N) is 1. The highest BCUT2D eigenvalue weighted by Crippen LogP contribution is 2.21. The first-order valence-electron chi connectivity index (χ1n) is 5.32. The largest absolute Gasteiger partial charge is 0.358 e. The molecule has 1 heterocycles. The van der Waals surface area contributed by atoms with Crippen molar-refractivity contribution in [3.63, 3.8) is 0 Å². The van der Waals surface area contributed by atoms with E-state index in [0.29, 0.717) is 19.1 Å². The molecule has 1 aliphatic heterocycles. The van der Waals surface area contributed by atoms with Crippen molar-refractivity contribution in [3.8, 4) is 0 Å². The van der Waals surface area contributed by atoms with Gasteiger partial charge in [-0.15, -0.1) is 0 Å². The van der Waals surface area contributed by atoms with Crippen LogP contribution in [0.1, 0.15) is 19.8 Å². The van der Waals surface area contributed by atoms with Crippen LogP contribution >= 0.6 is 0 Å². The molecule has 0 aromatic carbocycles. The van der Waals surface area contributed by atoms with Crippen molar-refractivity contribution in [2.24, 2.45) is 11.7 Å². The predicted octanol–water partition coefficient (Wildman–Crippen LogP) is -0.208. The second-order valence-corrected chi connectivity index (χ2v) is 4.16. The number of nitrogens with one attached hydrogen (secondary N) is 1. The van der Waals surface area contributed by atoms with E-state index in [4.69, 9.17) is 5.73 Å². The summed E-state index contributed by atoms with van der Waals surface area (Å²) in [7, 11) is 1.67. The molecule has 4 heteroatoms. The lowest BCUT2D eigenvalue weighted by atomic mass is 9.92. The number of piperidine rings is 1. The van der Waals surface area contributed by atoms with Gasteiger partial charge in [0.25, 0.3) is 0 Å². The van der Waals surface area contributed by atoms with Gasteiger partial charge < -0.3 is 11.1 Å². The molecule has 0 aliphatic carbocycles. The highest BCUT2D eigenvalue weighted by Gasteiger charge is 2.26. The minimum absolute atomic E-state index is 0.0815. The van der Waals surface area contributed by atoms with Gasteiger partial charge >= 0.3 is 0 Å². The Morgan fingerprint density at radius 3 is 2.93 bits per heavy atom. The first-order valence-corrected chi connectivity index (χ1v) is 5.32. The van der Waals surface area contributed by atoms with Gasteiger partial charge in [0.05, 0.1) is 6.54 Å². The van der Waals surface area contributed by atoms with Crippen molar-refractivity contribution in [2.45, 2.75) is 25.8 Å². The minimum atomic E-state index is 0.0815. The van der Waals surface area contributed by atoms with Gasteiger partial charge in [-0.05, 0) is 25.3 Å². The zero-order valence-electron chi connectivity index (χ0n) is 9.12. The summed E-state index contributed by atoms with van der Waals surface area (Å²) in [5.41, 5.74) is 5.70. The zero-order valence-corrected chi connectivity index (χ0v) is 9.12. The highest BCUT2D eigenvalue weighted by molar-refractivity contribution is 5.77. The van der Waals surface area contributed by atoms with E-state index in [1.54, 1.807) is 7.05 Å². The number of rotatable bonds is 3. The molecule has 1 saturated heterocycles. The Morgan fingerprint density at radius 2 is 2.36 bits per heavy atom. The van der Waals surface area contributed by atoms with E-state index in [1.807, 2.05) is 0 Å². The Kier molecular flexibility index (Phi) is 4.35. The van der Waals surface area contributed by atoms with Crippen molar-refractivity contribution in [2.75, 3.05) is 26.7 Å². The molecule has 3 N–H and O–H groups in total. The van der Waals surface area contributed by atoms with Crippen LogP contribution in [0, 0.1) is 5.92 Å². The maximum absolute atomic E-state index is 11.2. The van der Waals surface area contributed by atoms with Crippen molar-refractivity contribution >= 4 is 5.91 Å². The third-order valence-electron chi connectivity index (χ3n) is 3.00. The molecule has 4 nitrogen and oxygen atoms in total. The van der Waals surface area contributed by atoms with Gasteiger partial charge in [0, 0.05) is 19.6 Å². The summed E-state index contributed by atoms with van der Waals surface area (Å²) in [5.74, 6) is 0.822. The first-order chi connectivity index (χ1) is 6.67. The van der Waals surface area contributed by atoms with Crippen LogP contribution in [0.2, 0.25) is 0 Å². The van der Waals surface area contributed by atoms with Gasteiger partial charge in [0.2, 0.25) is 5.91 Å². The Morgan fingerprint density at radius 1 is 1.64 bits per heavy atom. The zero-order chi connectivity index (χ0) is 10.6. The van der Waals surface area contributed by atoms with E-state index in [2.05, 4.69) is 17.1 Å². The van der Waals surface area contributed by atoms with Gasteiger partial charge in [0.15, 0.2) is 0 Å². The number of carbonyl (C=O) groups is 1. The SMILES string of the molecule is CNC(=O)CN1CCC(C)CC1CN. The molecule has 0 saturated carbocycles. The van der Waals surface area contributed by atoms with Crippen LogP contribution in [-0.2, 0) is 4.79 Å². The third-order valence-corrected chi connectivity index (χ3v) is 3.00. The summed E-state index contributed by atoms with van der Waals surface area (Å²) in [6, 6.07) is 0.385. The molecule has 0 bridgehead atoms. The van der Waals surface area contributed by atoms with Crippen LogP contribution < -0.4 is 11.1 Å². The number of hydrogen-bond acceptors (Lipinski definition) is 3. The Bertz CT molecular complexity index is 196. The van der Waals surface area contributed by atoms with Crippen LogP contribution in [0.5, 0.6) is 0 Å². The quantitative estimate of drug-likeness (QED) is 0.661. The Hall–Kier alpha value is -0.610. The second-order valence-electron chi connectivity index (χ2n) is 4.16. The Labute approximate surface area is 85.8 Å². The summed E-state index contributed by atoms with van der Waals surface area (Å²) < 4.78 is 0. The Balaban J connectivity index is 2.45. The molecule has 2 atom stereocenters. The number of hydrogen-bond donors (Lipinski definition) is 2. The van der Waals surface area contributed by atoms with E-state index in [1.165, 1.54) is 6.42 Å². The fraction of sp³-hybridized carbons (Fsp3) is 0.900. The van der Waals surface area contributed by atoms with Crippen LogP contribution in [0.25, 0.3) is 0 Å². The fourth-order valence-electron chi connectivity index (χ4n) is 2.02. The van der Waals surface area contributed by atoms with E-state index in [0.717, 1.165) is 18.9 Å². The topological polar surface area (TPSA) is 58.4 Å². The molecule has 14 heavy (non-hydrogen) atoms. The molecule has 1 aliphatic rings. The fourth-order valence-corrected chi connectivity index (χ4v) is 2.02. The van der Waals surface area contributed by atoms with E-state index in [9.17, 15) is 4.79 Å². The number of amides is 1. The van der Waals surface area contributed by atoms with E-state index in [-0.39, 0.29) is 5.91 Å². The maximum Gasteiger partial charge on any atom is 0.233 e. The van der Waals surface area contributed by atoms with E-state index < -0.39 is 0 Å². The predicted molar refractivity (Wildman–Crippen MR) is 56.9 cm³/mol. The van der Waals surface area contributed by atoms with Crippen molar-refractivity contribution in [3.05, 3.63) is 0 Å². The third kappa shape index (κ3) is 2.96. The number of likely N-dealkylation sites (tertiary alicyclic amines) is 1. The van der Waals surface area contributed by atoms with Gasteiger partial charge in [-0.2, -0.15) is 0 Å². The molecule has 0 aromatic rings. The molecule has 1 fully saturated rings. The number of nitrogens with zero attached hydrogens (tertiary/aromatic N) is 1. The van der Waals surface area contributed by atoms with Gasteiger partial charge in [-0.3, -0.25) is 9.69 Å². The van der Waals surface area contributed by atoms with Crippen LogP contribution in [0.15, 0.2) is 0 Å². The molecule has 0 spiro atoms. The average Bonchev–Trinajstić information content (AvgIpc) is 2.20. The monoisotopic (exact) mass is 199 g/mol. The smallest absolute Gasteiger partial charge is 0.233 e. The van der Waals surface area contributed by atoms with Crippen molar-refractivity contribution in [1.29, 1.82) is 0 Å². The summed E-state index contributed by atoms with van der Waals surface area (Å²) >= 11 is 0. The van der Waals surface area contributed by atoms with Crippen LogP contribution in [-0.4, -0.2) is 43.5 Å². The van der Waals surface area contributed by atoms with Crippen molar-refractivity contribution in [1.82, 2.24) is 10.2 Å². The maximum atomic E-state index is 11.2. The minimum Gasteiger partial charge on any atom is -0.358 e. The van der Waals surface area contributed by atoms with E-state index >= 15 is 0 Å².